The van der Waals surface area contributed by atoms with Gasteiger partial charge in [0.15, 0.2) is 0 Å². The van der Waals surface area contributed by atoms with E-state index in [1.807, 2.05) is 0 Å². The Balaban J connectivity index is 1.72. The standard InChI is InChI=1S/C17H13Cl3N2O2/c18-10-2-1-3-13(7-10)21-15(23)17(4-5-17)16(24)22-14-8-11(19)6-12(20)9-14/h1-3,6-9H,4-5H2,(H,21,23)(H,22,24). The molecule has 1 aliphatic rings. The molecule has 1 aliphatic carbocycles. The summed E-state index contributed by atoms with van der Waals surface area (Å²) in [5.74, 6) is -0.726. The summed E-state index contributed by atoms with van der Waals surface area (Å²) in [5.41, 5.74) is -0.0615. The van der Waals surface area contributed by atoms with E-state index < -0.39 is 5.41 Å². The Morgan fingerprint density at radius 1 is 0.792 bits per heavy atom. The van der Waals surface area contributed by atoms with Crippen molar-refractivity contribution in [2.45, 2.75) is 12.8 Å². The second kappa shape index (κ2) is 6.63. The molecule has 2 aromatic rings. The lowest BCUT2D eigenvalue weighted by Crippen LogP contribution is -2.35. The molecule has 24 heavy (non-hydrogen) atoms. The van der Waals surface area contributed by atoms with E-state index in [1.165, 1.54) is 0 Å². The number of rotatable bonds is 4. The largest absolute Gasteiger partial charge is 0.325 e. The topological polar surface area (TPSA) is 58.2 Å². The fraction of sp³-hybridized carbons (Fsp3) is 0.176. The number of halogens is 3. The summed E-state index contributed by atoms with van der Waals surface area (Å²) in [6.07, 6.45) is 0.971. The molecule has 0 saturated heterocycles. The van der Waals surface area contributed by atoms with Crippen molar-refractivity contribution >= 4 is 58.0 Å². The predicted molar refractivity (Wildman–Crippen MR) is 96.8 cm³/mol. The van der Waals surface area contributed by atoms with Gasteiger partial charge in [-0.3, -0.25) is 9.59 Å². The van der Waals surface area contributed by atoms with Gasteiger partial charge in [-0.1, -0.05) is 40.9 Å². The van der Waals surface area contributed by atoms with Crippen LogP contribution in [-0.4, -0.2) is 11.8 Å². The quantitative estimate of drug-likeness (QED) is 0.730. The molecule has 1 saturated carbocycles. The highest BCUT2D eigenvalue weighted by molar-refractivity contribution is 6.35. The average molecular weight is 384 g/mol. The van der Waals surface area contributed by atoms with E-state index in [2.05, 4.69) is 10.6 Å². The van der Waals surface area contributed by atoms with Gasteiger partial charge in [0.2, 0.25) is 11.8 Å². The zero-order valence-corrected chi connectivity index (χ0v) is 14.7. The van der Waals surface area contributed by atoms with Gasteiger partial charge in [-0.05, 0) is 49.2 Å². The Morgan fingerprint density at radius 3 is 1.88 bits per heavy atom. The van der Waals surface area contributed by atoms with Gasteiger partial charge < -0.3 is 10.6 Å². The lowest BCUT2D eigenvalue weighted by atomic mass is 10.0. The minimum absolute atomic E-state index is 0.351. The van der Waals surface area contributed by atoms with Gasteiger partial charge in [0.1, 0.15) is 5.41 Å². The lowest BCUT2D eigenvalue weighted by molar-refractivity contribution is -0.131. The van der Waals surface area contributed by atoms with Crippen LogP contribution in [0, 0.1) is 5.41 Å². The molecule has 3 rings (SSSR count). The van der Waals surface area contributed by atoms with Crippen LogP contribution in [0.25, 0.3) is 0 Å². The van der Waals surface area contributed by atoms with Gasteiger partial charge in [-0.25, -0.2) is 0 Å². The molecule has 0 heterocycles. The Bertz CT molecular complexity index is 799. The van der Waals surface area contributed by atoms with Crippen LogP contribution in [0.1, 0.15) is 12.8 Å². The van der Waals surface area contributed by atoms with Crippen LogP contribution in [0.2, 0.25) is 15.1 Å². The highest BCUT2D eigenvalue weighted by atomic mass is 35.5. The van der Waals surface area contributed by atoms with Crippen LogP contribution in [0.3, 0.4) is 0 Å². The minimum Gasteiger partial charge on any atom is -0.325 e. The van der Waals surface area contributed by atoms with E-state index in [1.54, 1.807) is 42.5 Å². The molecule has 0 spiro atoms. The van der Waals surface area contributed by atoms with Crippen molar-refractivity contribution in [3.8, 4) is 0 Å². The normalized spacial score (nSPS) is 14.8. The van der Waals surface area contributed by atoms with Crippen molar-refractivity contribution in [1.82, 2.24) is 0 Å². The first kappa shape index (κ1) is 17.1. The van der Waals surface area contributed by atoms with Gasteiger partial charge in [0, 0.05) is 26.4 Å². The van der Waals surface area contributed by atoms with Crippen molar-refractivity contribution < 1.29 is 9.59 Å². The second-order valence-electron chi connectivity index (χ2n) is 5.66. The molecular formula is C17H13Cl3N2O2. The summed E-state index contributed by atoms with van der Waals surface area (Å²) >= 11 is 17.7. The van der Waals surface area contributed by atoms with Gasteiger partial charge in [-0.2, -0.15) is 0 Å². The van der Waals surface area contributed by atoms with E-state index in [-0.39, 0.29) is 11.8 Å². The molecule has 124 valence electrons. The number of anilines is 2. The molecule has 1 fully saturated rings. The summed E-state index contributed by atoms with van der Waals surface area (Å²) in [6, 6.07) is 11.5. The second-order valence-corrected chi connectivity index (χ2v) is 6.97. The van der Waals surface area contributed by atoms with E-state index in [0.717, 1.165) is 0 Å². The molecule has 0 aliphatic heterocycles. The maximum Gasteiger partial charge on any atom is 0.240 e. The number of amides is 2. The Hall–Kier alpha value is -1.75. The van der Waals surface area contributed by atoms with Gasteiger partial charge in [-0.15, -0.1) is 0 Å². The van der Waals surface area contributed by atoms with Crippen LogP contribution in [0.4, 0.5) is 11.4 Å². The number of carbonyl (C=O) groups excluding carboxylic acids is 2. The van der Waals surface area contributed by atoms with E-state index in [0.29, 0.717) is 39.3 Å². The molecule has 4 nitrogen and oxygen atoms in total. The maximum atomic E-state index is 12.5. The number of hydrogen-bond acceptors (Lipinski definition) is 2. The van der Waals surface area contributed by atoms with Crippen molar-refractivity contribution in [2.24, 2.45) is 5.41 Å². The lowest BCUT2D eigenvalue weighted by Gasteiger charge is -2.16. The summed E-state index contributed by atoms with van der Waals surface area (Å²) in [4.78, 5) is 25.0. The van der Waals surface area contributed by atoms with E-state index in [4.69, 9.17) is 34.8 Å². The fourth-order valence-corrected chi connectivity index (χ4v) is 3.09. The van der Waals surface area contributed by atoms with Crippen molar-refractivity contribution in [2.75, 3.05) is 10.6 Å². The van der Waals surface area contributed by atoms with Gasteiger partial charge in [0.25, 0.3) is 0 Å². The predicted octanol–water partition coefficient (Wildman–Crippen LogP) is 5.00. The molecule has 0 bridgehead atoms. The van der Waals surface area contributed by atoms with Crippen LogP contribution in [0.15, 0.2) is 42.5 Å². The number of hydrogen-bond donors (Lipinski definition) is 2. The molecule has 2 aromatic carbocycles. The third-order valence-corrected chi connectivity index (χ3v) is 4.49. The summed E-state index contributed by atoms with van der Waals surface area (Å²) in [6.45, 7) is 0. The third-order valence-electron chi connectivity index (χ3n) is 3.82. The molecule has 7 heteroatoms. The van der Waals surface area contributed by atoms with Crippen LogP contribution >= 0.6 is 34.8 Å². The van der Waals surface area contributed by atoms with E-state index in [9.17, 15) is 9.59 Å². The highest BCUT2D eigenvalue weighted by Gasteiger charge is 2.56. The SMILES string of the molecule is O=C(Nc1cccc(Cl)c1)C1(C(=O)Nc2cc(Cl)cc(Cl)c2)CC1. The molecule has 0 unspecified atom stereocenters. The van der Waals surface area contributed by atoms with Crippen molar-refractivity contribution in [3.05, 3.63) is 57.5 Å². The average Bonchev–Trinajstić information content (AvgIpc) is 3.27. The highest BCUT2D eigenvalue weighted by Crippen LogP contribution is 2.47. The Kier molecular flexibility index (Phi) is 4.72. The maximum absolute atomic E-state index is 12.5. The van der Waals surface area contributed by atoms with Crippen molar-refractivity contribution in [3.63, 3.8) is 0 Å². The third kappa shape index (κ3) is 3.66. The van der Waals surface area contributed by atoms with Crippen molar-refractivity contribution in [1.29, 1.82) is 0 Å². The molecule has 0 aromatic heterocycles. The molecule has 2 N–H and O–H groups in total. The first-order chi connectivity index (χ1) is 11.4. The zero-order chi connectivity index (χ0) is 17.3. The molecule has 0 atom stereocenters. The zero-order valence-electron chi connectivity index (χ0n) is 12.4. The molecule has 0 radical (unpaired) electrons. The smallest absolute Gasteiger partial charge is 0.240 e. The molecule has 2 amide bonds. The van der Waals surface area contributed by atoms with Crippen LogP contribution in [-0.2, 0) is 9.59 Å². The molecular weight excluding hydrogens is 371 g/mol. The first-order valence-electron chi connectivity index (χ1n) is 7.24. The number of benzene rings is 2. The Labute approximate surface area is 154 Å². The Morgan fingerprint density at radius 2 is 1.33 bits per heavy atom. The number of nitrogens with one attached hydrogen (secondary N) is 2. The van der Waals surface area contributed by atoms with E-state index >= 15 is 0 Å². The summed E-state index contributed by atoms with van der Waals surface area (Å²) in [7, 11) is 0. The minimum atomic E-state index is -1.07. The van der Waals surface area contributed by atoms with Crippen LogP contribution < -0.4 is 10.6 Å². The van der Waals surface area contributed by atoms with Gasteiger partial charge >= 0.3 is 0 Å². The summed E-state index contributed by atoms with van der Waals surface area (Å²) < 4.78 is 0. The first-order valence-corrected chi connectivity index (χ1v) is 8.37. The number of carbonyl (C=O) groups is 2. The van der Waals surface area contributed by atoms with Crippen LogP contribution in [0.5, 0.6) is 0 Å². The summed E-state index contributed by atoms with van der Waals surface area (Å²) in [5, 5.41) is 6.77. The van der Waals surface area contributed by atoms with Gasteiger partial charge in [0.05, 0.1) is 0 Å². The fourth-order valence-electron chi connectivity index (χ4n) is 2.38. The monoisotopic (exact) mass is 382 g/mol.